The van der Waals surface area contributed by atoms with E-state index in [2.05, 4.69) is 10.4 Å². The van der Waals surface area contributed by atoms with Crippen molar-refractivity contribution in [2.24, 2.45) is 0 Å². The minimum absolute atomic E-state index is 0.420. The van der Waals surface area contributed by atoms with Gasteiger partial charge in [0, 0.05) is 12.7 Å². The molecule has 0 spiro atoms. The van der Waals surface area contributed by atoms with Gasteiger partial charge in [-0.2, -0.15) is 5.10 Å². The highest BCUT2D eigenvalue weighted by Crippen LogP contribution is 2.04. The molecule has 0 aromatic carbocycles. The van der Waals surface area contributed by atoms with Crippen molar-refractivity contribution >= 4 is 11.6 Å². The molecule has 1 aromatic rings. The second-order valence-electron chi connectivity index (χ2n) is 2.70. The molecule has 1 aromatic heterocycles. The van der Waals surface area contributed by atoms with Gasteiger partial charge >= 0.3 is 0 Å². The summed E-state index contributed by atoms with van der Waals surface area (Å²) in [5.74, 6) is -0.420. The van der Waals surface area contributed by atoms with Gasteiger partial charge in [-0.3, -0.25) is 9.48 Å². The van der Waals surface area contributed by atoms with Crippen LogP contribution >= 0.6 is 0 Å². The Morgan fingerprint density at radius 1 is 1.77 bits per heavy atom. The normalized spacial score (nSPS) is 10.0. The number of aliphatic hydroxyl groups excluding tert-OH is 1. The fraction of sp³-hybridized carbons (Fsp3) is 0.500. The fourth-order valence-corrected chi connectivity index (χ4v) is 0.980. The summed E-state index contributed by atoms with van der Waals surface area (Å²) in [5.41, 5.74) is 0.618. The summed E-state index contributed by atoms with van der Waals surface area (Å²) >= 11 is 0. The lowest BCUT2D eigenvalue weighted by molar-refractivity contribution is -0.118. The summed E-state index contributed by atoms with van der Waals surface area (Å²) in [7, 11) is 0. The fourth-order valence-electron chi connectivity index (χ4n) is 0.980. The van der Waals surface area contributed by atoms with Crippen LogP contribution in [0.4, 0.5) is 5.69 Å². The van der Waals surface area contributed by atoms with Gasteiger partial charge in [0.25, 0.3) is 0 Å². The van der Waals surface area contributed by atoms with Crippen LogP contribution in [-0.2, 0) is 11.3 Å². The first-order chi connectivity index (χ1) is 6.26. The van der Waals surface area contributed by atoms with Gasteiger partial charge in [-0.1, -0.05) is 6.92 Å². The highest BCUT2D eigenvalue weighted by atomic mass is 16.3. The van der Waals surface area contributed by atoms with Crippen LogP contribution < -0.4 is 5.32 Å². The maximum atomic E-state index is 10.8. The van der Waals surface area contributed by atoms with E-state index in [9.17, 15) is 4.79 Å². The summed E-state index contributed by atoms with van der Waals surface area (Å²) < 4.78 is 1.74. The molecule has 0 unspecified atom stereocenters. The maximum Gasteiger partial charge on any atom is 0.250 e. The number of hydrogen-bond donors (Lipinski definition) is 2. The Morgan fingerprint density at radius 2 is 2.54 bits per heavy atom. The van der Waals surface area contributed by atoms with Gasteiger partial charge < -0.3 is 10.4 Å². The third-order valence-corrected chi connectivity index (χ3v) is 1.51. The Morgan fingerprint density at radius 3 is 3.15 bits per heavy atom. The molecule has 0 saturated heterocycles. The van der Waals surface area contributed by atoms with Gasteiger partial charge in [-0.25, -0.2) is 0 Å². The Kier molecular flexibility index (Phi) is 3.45. The van der Waals surface area contributed by atoms with E-state index in [-0.39, 0.29) is 0 Å². The number of nitrogens with zero attached hydrogens (tertiary/aromatic N) is 2. The first kappa shape index (κ1) is 9.73. The predicted octanol–water partition coefficient (Wildman–Crippen LogP) is 0.224. The van der Waals surface area contributed by atoms with Crippen molar-refractivity contribution in [3.05, 3.63) is 12.4 Å². The van der Waals surface area contributed by atoms with Crippen LogP contribution in [0.25, 0.3) is 0 Å². The molecule has 0 radical (unpaired) electrons. The number of aryl methyl sites for hydroxylation is 1. The second-order valence-corrected chi connectivity index (χ2v) is 2.70. The smallest absolute Gasteiger partial charge is 0.250 e. The van der Waals surface area contributed by atoms with Crippen molar-refractivity contribution in [1.29, 1.82) is 0 Å². The van der Waals surface area contributed by atoms with E-state index in [1.54, 1.807) is 17.1 Å². The van der Waals surface area contributed by atoms with Crippen LogP contribution in [-0.4, -0.2) is 27.4 Å². The number of aliphatic hydroxyl groups is 1. The number of amides is 1. The largest absolute Gasteiger partial charge is 0.387 e. The summed E-state index contributed by atoms with van der Waals surface area (Å²) in [6.45, 7) is 2.38. The SMILES string of the molecule is CCCn1cc(NC(=O)CO)cn1. The monoisotopic (exact) mass is 183 g/mol. The van der Waals surface area contributed by atoms with Crippen LogP contribution in [0.5, 0.6) is 0 Å². The summed E-state index contributed by atoms with van der Waals surface area (Å²) in [6, 6.07) is 0. The molecule has 1 rings (SSSR count). The third-order valence-electron chi connectivity index (χ3n) is 1.51. The molecule has 0 bridgehead atoms. The first-order valence-electron chi connectivity index (χ1n) is 4.19. The molecule has 0 saturated carbocycles. The van der Waals surface area contributed by atoms with Crippen LogP contribution in [0.1, 0.15) is 13.3 Å². The lowest BCUT2D eigenvalue weighted by Crippen LogP contribution is -2.14. The summed E-state index contributed by atoms with van der Waals surface area (Å²) in [4.78, 5) is 10.8. The third kappa shape index (κ3) is 2.87. The molecule has 1 amide bonds. The standard InChI is InChI=1S/C8H13N3O2/c1-2-3-11-5-7(4-9-11)10-8(13)6-12/h4-5,12H,2-3,6H2,1H3,(H,10,13). The van der Waals surface area contributed by atoms with Crippen molar-refractivity contribution in [3.8, 4) is 0 Å². The Hall–Kier alpha value is -1.36. The molecule has 72 valence electrons. The lowest BCUT2D eigenvalue weighted by Gasteiger charge is -1.97. The van der Waals surface area contributed by atoms with Gasteiger partial charge in [0.2, 0.25) is 5.91 Å². The van der Waals surface area contributed by atoms with Gasteiger partial charge in [-0.05, 0) is 6.42 Å². The van der Waals surface area contributed by atoms with Crippen molar-refractivity contribution in [2.45, 2.75) is 19.9 Å². The zero-order valence-electron chi connectivity index (χ0n) is 7.53. The molecule has 5 nitrogen and oxygen atoms in total. The van der Waals surface area contributed by atoms with Gasteiger partial charge in [0.1, 0.15) is 6.61 Å². The van der Waals surface area contributed by atoms with E-state index in [4.69, 9.17) is 5.11 Å². The van der Waals surface area contributed by atoms with Crippen molar-refractivity contribution < 1.29 is 9.90 Å². The molecule has 0 fully saturated rings. The number of carbonyl (C=O) groups is 1. The maximum absolute atomic E-state index is 10.8. The zero-order chi connectivity index (χ0) is 9.68. The van der Waals surface area contributed by atoms with E-state index in [1.807, 2.05) is 6.92 Å². The van der Waals surface area contributed by atoms with E-state index in [0.29, 0.717) is 5.69 Å². The van der Waals surface area contributed by atoms with Gasteiger partial charge in [-0.15, -0.1) is 0 Å². The highest BCUT2D eigenvalue weighted by Gasteiger charge is 2.01. The Labute approximate surface area is 76.4 Å². The molecule has 2 N–H and O–H groups in total. The average Bonchev–Trinajstić information content (AvgIpc) is 2.53. The summed E-state index contributed by atoms with van der Waals surface area (Å²) in [5, 5.41) is 15.0. The number of anilines is 1. The minimum Gasteiger partial charge on any atom is -0.387 e. The van der Waals surface area contributed by atoms with Gasteiger partial charge in [0.15, 0.2) is 0 Å². The molecule has 5 heteroatoms. The molecule has 13 heavy (non-hydrogen) atoms. The molecular weight excluding hydrogens is 170 g/mol. The highest BCUT2D eigenvalue weighted by molar-refractivity contribution is 5.91. The molecule has 0 aliphatic rings. The Balaban J connectivity index is 2.53. The van der Waals surface area contributed by atoms with Crippen LogP contribution in [0.15, 0.2) is 12.4 Å². The van der Waals surface area contributed by atoms with Crippen LogP contribution in [0, 0.1) is 0 Å². The predicted molar refractivity (Wildman–Crippen MR) is 48.2 cm³/mol. The molecule has 0 aliphatic carbocycles. The molecule has 0 aliphatic heterocycles. The minimum atomic E-state index is -0.501. The first-order valence-corrected chi connectivity index (χ1v) is 4.19. The zero-order valence-corrected chi connectivity index (χ0v) is 7.53. The molecular formula is C8H13N3O2. The number of rotatable bonds is 4. The quantitative estimate of drug-likeness (QED) is 0.701. The summed E-state index contributed by atoms with van der Waals surface area (Å²) in [6.07, 6.45) is 4.29. The van der Waals surface area contributed by atoms with Crippen molar-refractivity contribution in [1.82, 2.24) is 9.78 Å². The van der Waals surface area contributed by atoms with Gasteiger partial charge in [0.05, 0.1) is 11.9 Å². The topological polar surface area (TPSA) is 67.2 Å². The molecule has 0 atom stereocenters. The van der Waals surface area contributed by atoms with E-state index < -0.39 is 12.5 Å². The van der Waals surface area contributed by atoms with E-state index >= 15 is 0 Å². The number of aromatic nitrogens is 2. The van der Waals surface area contributed by atoms with Crippen LogP contribution in [0.2, 0.25) is 0 Å². The lowest BCUT2D eigenvalue weighted by atomic mass is 10.5. The van der Waals surface area contributed by atoms with Crippen molar-refractivity contribution in [2.75, 3.05) is 11.9 Å². The Bertz CT molecular complexity index is 283. The number of hydrogen-bond acceptors (Lipinski definition) is 3. The average molecular weight is 183 g/mol. The van der Waals surface area contributed by atoms with E-state index in [1.165, 1.54) is 0 Å². The molecule has 1 heterocycles. The second kappa shape index (κ2) is 4.61. The number of nitrogens with one attached hydrogen (secondary N) is 1. The van der Waals surface area contributed by atoms with Crippen molar-refractivity contribution in [3.63, 3.8) is 0 Å². The van der Waals surface area contributed by atoms with E-state index in [0.717, 1.165) is 13.0 Å². The number of carbonyl (C=O) groups excluding carboxylic acids is 1. The van der Waals surface area contributed by atoms with Crippen LogP contribution in [0.3, 0.4) is 0 Å².